The monoisotopic (exact) mass is 376 g/mol. The van der Waals surface area contributed by atoms with Crippen LogP contribution in [0.5, 0.6) is 17.2 Å². The topological polar surface area (TPSA) is 69.9 Å². The normalized spacial score (nSPS) is 10.7. The van der Waals surface area contributed by atoms with Crippen molar-refractivity contribution in [2.24, 2.45) is 0 Å². The molecule has 0 aliphatic rings. The molecule has 142 valence electrons. The van der Waals surface area contributed by atoms with Gasteiger partial charge in [0.05, 0.1) is 27.5 Å². The fourth-order valence-electron chi connectivity index (χ4n) is 3.03. The average Bonchev–Trinajstić information content (AvgIpc) is 3.12. The predicted octanol–water partition coefficient (Wildman–Crippen LogP) is 4.17. The fraction of sp³-hybridized carbons (Fsp3) is 0.143. The summed E-state index contributed by atoms with van der Waals surface area (Å²) in [7, 11) is 4.88. The summed E-state index contributed by atoms with van der Waals surface area (Å²) >= 11 is 0. The van der Waals surface area contributed by atoms with E-state index in [9.17, 15) is 0 Å². The highest BCUT2D eigenvalue weighted by Crippen LogP contribution is 2.35. The molecule has 7 heteroatoms. The lowest BCUT2D eigenvalue weighted by molar-refractivity contribution is 0.355. The minimum Gasteiger partial charge on any atom is -0.497 e. The molecule has 0 saturated carbocycles. The van der Waals surface area contributed by atoms with Crippen molar-refractivity contribution in [2.75, 3.05) is 26.6 Å². The van der Waals surface area contributed by atoms with E-state index < -0.39 is 0 Å². The molecule has 4 rings (SSSR count). The van der Waals surface area contributed by atoms with Crippen molar-refractivity contribution in [1.29, 1.82) is 0 Å². The smallest absolute Gasteiger partial charge is 0.162 e. The minimum absolute atomic E-state index is 0.647. The molecular weight excluding hydrogens is 356 g/mol. The van der Waals surface area contributed by atoms with Crippen molar-refractivity contribution >= 4 is 17.2 Å². The Kier molecular flexibility index (Phi) is 4.72. The number of fused-ring (bicyclic) bond motifs is 1. The molecule has 2 aromatic heterocycles. The molecule has 0 unspecified atom stereocenters. The van der Waals surface area contributed by atoms with Crippen LogP contribution in [0, 0.1) is 0 Å². The van der Waals surface area contributed by atoms with E-state index in [1.165, 1.54) is 0 Å². The van der Waals surface area contributed by atoms with Crippen LogP contribution in [0.25, 0.3) is 16.9 Å². The summed E-state index contributed by atoms with van der Waals surface area (Å²) in [6, 6.07) is 13.5. The van der Waals surface area contributed by atoms with E-state index in [2.05, 4.69) is 10.3 Å². The molecule has 28 heavy (non-hydrogen) atoms. The van der Waals surface area contributed by atoms with Crippen LogP contribution in [-0.2, 0) is 0 Å². The summed E-state index contributed by atoms with van der Waals surface area (Å²) in [4.78, 5) is 8.93. The van der Waals surface area contributed by atoms with E-state index in [0.29, 0.717) is 11.5 Å². The summed E-state index contributed by atoms with van der Waals surface area (Å²) in [5.41, 5.74) is 3.38. The standard InChI is InChI=1S/C21H20N4O3/c1-26-16-7-4-14(5-8-16)20-21(25-11-10-22-13-19(25)24-20)23-15-6-9-17(27-2)18(12-15)28-3/h4-13,23H,1-3H3. The third-order valence-corrected chi connectivity index (χ3v) is 4.44. The molecule has 0 radical (unpaired) electrons. The third kappa shape index (κ3) is 3.18. The molecule has 0 atom stereocenters. The first-order chi connectivity index (χ1) is 13.7. The lowest BCUT2D eigenvalue weighted by Crippen LogP contribution is -1.98. The van der Waals surface area contributed by atoms with Crippen LogP contribution >= 0.6 is 0 Å². The second kappa shape index (κ2) is 7.48. The first-order valence-corrected chi connectivity index (χ1v) is 8.69. The molecule has 0 amide bonds. The number of benzene rings is 2. The maximum absolute atomic E-state index is 5.41. The van der Waals surface area contributed by atoms with Gasteiger partial charge in [-0.15, -0.1) is 0 Å². The molecule has 4 aromatic rings. The lowest BCUT2D eigenvalue weighted by Gasteiger charge is -2.12. The summed E-state index contributed by atoms with van der Waals surface area (Å²) in [5, 5.41) is 3.45. The number of ether oxygens (including phenoxy) is 3. The Labute approximate surface area is 162 Å². The van der Waals surface area contributed by atoms with Crippen molar-refractivity contribution < 1.29 is 14.2 Å². The van der Waals surface area contributed by atoms with Gasteiger partial charge in [0.1, 0.15) is 17.3 Å². The highest BCUT2D eigenvalue weighted by atomic mass is 16.5. The van der Waals surface area contributed by atoms with Crippen LogP contribution < -0.4 is 19.5 Å². The number of aromatic nitrogens is 3. The van der Waals surface area contributed by atoms with Crippen LogP contribution in [0.4, 0.5) is 11.5 Å². The zero-order valence-corrected chi connectivity index (χ0v) is 15.8. The zero-order valence-electron chi connectivity index (χ0n) is 15.8. The number of imidazole rings is 1. The second-order valence-electron chi connectivity index (χ2n) is 6.04. The molecule has 2 heterocycles. The number of methoxy groups -OCH3 is 3. The summed E-state index contributed by atoms with van der Waals surface area (Å²) in [5.74, 6) is 2.94. The van der Waals surface area contributed by atoms with Crippen LogP contribution in [0.1, 0.15) is 0 Å². The Balaban J connectivity index is 1.81. The Hall–Kier alpha value is -3.74. The Morgan fingerprint density at radius 2 is 1.68 bits per heavy atom. The molecule has 2 aromatic carbocycles. The van der Waals surface area contributed by atoms with E-state index >= 15 is 0 Å². The van der Waals surface area contributed by atoms with Crippen molar-refractivity contribution in [2.45, 2.75) is 0 Å². The number of nitrogens with zero attached hydrogens (tertiary/aromatic N) is 3. The number of anilines is 2. The Morgan fingerprint density at radius 1 is 0.893 bits per heavy atom. The largest absolute Gasteiger partial charge is 0.497 e. The highest BCUT2D eigenvalue weighted by molar-refractivity contribution is 5.80. The third-order valence-electron chi connectivity index (χ3n) is 4.44. The number of hydrogen-bond acceptors (Lipinski definition) is 6. The molecule has 0 aliphatic carbocycles. The van der Waals surface area contributed by atoms with Crippen molar-refractivity contribution in [3.63, 3.8) is 0 Å². The maximum atomic E-state index is 5.41. The van der Waals surface area contributed by atoms with Gasteiger partial charge in [0.15, 0.2) is 17.1 Å². The maximum Gasteiger partial charge on any atom is 0.162 e. The van der Waals surface area contributed by atoms with Gasteiger partial charge in [-0.3, -0.25) is 9.38 Å². The average molecular weight is 376 g/mol. The van der Waals surface area contributed by atoms with Crippen molar-refractivity contribution in [3.8, 4) is 28.5 Å². The van der Waals surface area contributed by atoms with E-state index in [1.807, 2.05) is 53.1 Å². The van der Waals surface area contributed by atoms with Gasteiger partial charge in [-0.25, -0.2) is 4.98 Å². The van der Waals surface area contributed by atoms with Crippen LogP contribution in [0.2, 0.25) is 0 Å². The van der Waals surface area contributed by atoms with Gasteiger partial charge in [0, 0.05) is 29.7 Å². The van der Waals surface area contributed by atoms with Gasteiger partial charge in [-0.2, -0.15) is 0 Å². The van der Waals surface area contributed by atoms with Gasteiger partial charge in [-0.1, -0.05) is 0 Å². The molecule has 0 spiro atoms. The van der Waals surface area contributed by atoms with E-state index in [1.54, 1.807) is 33.7 Å². The van der Waals surface area contributed by atoms with Gasteiger partial charge < -0.3 is 19.5 Å². The SMILES string of the molecule is COc1ccc(-c2nc3cnccn3c2Nc2ccc(OC)c(OC)c2)cc1. The molecule has 0 fully saturated rings. The first kappa shape index (κ1) is 17.7. The minimum atomic E-state index is 0.647. The van der Waals surface area contributed by atoms with Crippen LogP contribution in [0.3, 0.4) is 0 Å². The molecule has 0 bridgehead atoms. The number of hydrogen-bond donors (Lipinski definition) is 1. The van der Waals surface area contributed by atoms with E-state index in [4.69, 9.17) is 19.2 Å². The summed E-state index contributed by atoms with van der Waals surface area (Å²) in [6.07, 6.45) is 5.33. The summed E-state index contributed by atoms with van der Waals surface area (Å²) in [6.45, 7) is 0. The van der Waals surface area contributed by atoms with Crippen molar-refractivity contribution in [3.05, 3.63) is 61.1 Å². The Bertz CT molecular complexity index is 1110. The first-order valence-electron chi connectivity index (χ1n) is 8.69. The van der Waals surface area contributed by atoms with E-state index in [0.717, 1.165) is 34.2 Å². The Morgan fingerprint density at radius 3 is 2.39 bits per heavy atom. The predicted molar refractivity (Wildman–Crippen MR) is 108 cm³/mol. The van der Waals surface area contributed by atoms with Gasteiger partial charge in [0.2, 0.25) is 0 Å². The molecule has 0 saturated heterocycles. The molecule has 1 N–H and O–H groups in total. The molecule has 0 aliphatic heterocycles. The van der Waals surface area contributed by atoms with Crippen molar-refractivity contribution in [1.82, 2.24) is 14.4 Å². The highest BCUT2D eigenvalue weighted by Gasteiger charge is 2.15. The number of nitrogens with one attached hydrogen (secondary N) is 1. The van der Waals surface area contributed by atoms with Crippen LogP contribution in [0.15, 0.2) is 61.1 Å². The van der Waals surface area contributed by atoms with Gasteiger partial charge in [-0.05, 0) is 36.4 Å². The lowest BCUT2D eigenvalue weighted by atomic mass is 10.1. The second-order valence-corrected chi connectivity index (χ2v) is 6.04. The fourth-order valence-corrected chi connectivity index (χ4v) is 3.03. The zero-order chi connectivity index (χ0) is 19.5. The van der Waals surface area contributed by atoms with Gasteiger partial charge in [0.25, 0.3) is 0 Å². The molecular formula is C21H20N4O3. The summed E-state index contributed by atoms with van der Waals surface area (Å²) < 4.78 is 18.0. The quantitative estimate of drug-likeness (QED) is 0.545. The van der Waals surface area contributed by atoms with E-state index in [-0.39, 0.29) is 0 Å². The van der Waals surface area contributed by atoms with Crippen LogP contribution in [-0.4, -0.2) is 35.7 Å². The van der Waals surface area contributed by atoms with Gasteiger partial charge >= 0.3 is 0 Å². The molecule has 7 nitrogen and oxygen atoms in total. The number of rotatable bonds is 6.